The Hall–Kier alpha value is -1.66. The van der Waals surface area contributed by atoms with Crippen LogP contribution in [0.5, 0.6) is 5.75 Å². The fourth-order valence-corrected chi connectivity index (χ4v) is 2.94. The second-order valence-corrected chi connectivity index (χ2v) is 5.83. The van der Waals surface area contributed by atoms with Crippen molar-refractivity contribution in [3.8, 4) is 5.75 Å². The average Bonchev–Trinajstić information content (AvgIpc) is 2.46. The molecule has 1 aromatic rings. The van der Waals surface area contributed by atoms with Gasteiger partial charge < -0.3 is 19.9 Å². The van der Waals surface area contributed by atoms with E-state index >= 15 is 0 Å². The summed E-state index contributed by atoms with van der Waals surface area (Å²) in [6.07, 6.45) is 3.45. The summed E-state index contributed by atoms with van der Waals surface area (Å²) in [5.41, 5.74) is 0.371. The normalized spacial score (nSPS) is 23.0. The highest BCUT2D eigenvalue weighted by Gasteiger charge is 2.32. The molecule has 5 nitrogen and oxygen atoms in total. The molecule has 3 atom stereocenters. The van der Waals surface area contributed by atoms with Gasteiger partial charge in [-0.2, -0.15) is 0 Å². The third-order valence-corrected chi connectivity index (χ3v) is 4.26. The van der Waals surface area contributed by atoms with E-state index in [1.165, 1.54) is 32.2 Å². The number of rotatable bonds is 4. The van der Waals surface area contributed by atoms with E-state index in [9.17, 15) is 14.4 Å². The van der Waals surface area contributed by atoms with Gasteiger partial charge in [-0.1, -0.05) is 6.42 Å². The molecular weight excluding hydrogens is 287 g/mol. The van der Waals surface area contributed by atoms with Crippen molar-refractivity contribution in [2.45, 2.75) is 44.8 Å². The Morgan fingerprint density at radius 1 is 1.41 bits per heavy atom. The van der Waals surface area contributed by atoms with Crippen molar-refractivity contribution in [1.82, 2.24) is 4.90 Å². The van der Waals surface area contributed by atoms with Crippen molar-refractivity contribution in [1.29, 1.82) is 0 Å². The van der Waals surface area contributed by atoms with Crippen LogP contribution in [0.3, 0.4) is 0 Å². The Kier molecular flexibility index (Phi) is 5.37. The lowest BCUT2D eigenvalue weighted by molar-refractivity contribution is -0.751. The van der Waals surface area contributed by atoms with Crippen molar-refractivity contribution in [2.24, 2.45) is 0 Å². The third kappa shape index (κ3) is 3.75. The maximum atomic E-state index is 13.5. The Morgan fingerprint density at radius 3 is 2.73 bits per heavy atom. The van der Waals surface area contributed by atoms with Crippen LogP contribution in [0.1, 0.15) is 32.6 Å². The molecule has 122 valence electrons. The molecule has 2 unspecified atom stereocenters. The van der Waals surface area contributed by atoms with Crippen LogP contribution in [0.2, 0.25) is 0 Å². The highest BCUT2D eigenvalue weighted by atomic mass is 19.1. The van der Waals surface area contributed by atoms with Crippen molar-refractivity contribution < 1.29 is 19.0 Å². The van der Waals surface area contributed by atoms with Crippen LogP contribution in [-0.4, -0.2) is 37.0 Å². The van der Waals surface area contributed by atoms with Crippen molar-refractivity contribution in [3.05, 3.63) is 29.2 Å². The van der Waals surface area contributed by atoms with Crippen molar-refractivity contribution in [3.63, 3.8) is 0 Å². The molecule has 6 heteroatoms. The highest BCUT2D eigenvalue weighted by molar-refractivity contribution is 5.73. The first kappa shape index (κ1) is 16.7. The fourth-order valence-electron chi connectivity index (χ4n) is 2.94. The van der Waals surface area contributed by atoms with Gasteiger partial charge in [0, 0.05) is 26.1 Å². The number of carbonyl (C=O) groups is 1. The second-order valence-electron chi connectivity index (χ2n) is 5.83. The second kappa shape index (κ2) is 7.07. The van der Waals surface area contributed by atoms with Crippen LogP contribution in [-0.2, 0) is 4.79 Å². The first-order valence-electron chi connectivity index (χ1n) is 7.60. The van der Waals surface area contributed by atoms with Gasteiger partial charge in [0.25, 0.3) is 0 Å². The topological polar surface area (TPSA) is 57.0 Å². The smallest absolute Gasteiger partial charge is 0.219 e. The maximum absolute atomic E-state index is 13.5. The molecule has 1 amide bonds. The number of hydrogen-bond donors (Lipinski definition) is 1. The summed E-state index contributed by atoms with van der Waals surface area (Å²) in [6, 6.07) is 3.90. The predicted octanol–water partition coefficient (Wildman–Crippen LogP) is 1.64. The van der Waals surface area contributed by atoms with E-state index in [2.05, 4.69) is 0 Å². The lowest BCUT2D eigenvalue weighted by Gasteiger charge is -2.37. The first-order valence-corrected chi connectivity index (χ1v) is 7.60. The van der Waals surface area contributed by atoms with E-state index in [4.69, 9.17) is 4.74 Å². The van der Waals surface area contributed by atoms with Gasteiger partial charge in [0.15, 0.2) is 11.4 Å². The minimum atomic E-state index is -0.438. The summed E-state index contributed by atoms with van der Waals surface area (Å²) in [7, 11) is 3.19. The monoisotopic (exact) mass is 310 g/mol. The van der Waals surface area contributed by atoms with Crippen LogP contribution in [0.25, 0.3) is 0 Å². The van der Waals surface area contributed by atoms with Gasteiger partial charge in [-0.05, 0) is 25.3 Å². The Bertz CT molecular complexity index is 536. The zero-order chi connectivity index (χ0) is 16.3. The third-order valence-electron chi connectivity index (χ3n) is 4.26. The number of benzene rings is 1. The number of ether oxygens (including phenoxy) is 1. The molecule has 1 fully saturated rings. The van der Waals surface area contributed by atoms with E-state index in [1.54, 1.807) is 11.9 Å². The first-order chi connectivity index (χ1) is 10.4. The minimum Gasteiger partial charge on any atom is -0.629 e. The van der Waals surface area contributed by atoms with Gasteiger partial charge in [0.2, 0.25) is 5.91 Å². The number of halogens is 1. The number of amides is 1. The van der Waals surface area contributed by atoms with E-state index in [0.29, 0.717) is 5.69 Å². The standard InChI is InChI=1S/C16H23FN2O3/c1-11(20)18(2)13-6-4-5-7-15(13)22-16-10-12(17)8-9-14(16)19(3)21/h8-10,13,15,19H,4-7H2,1-3H3/t13-,15?/m1/s1. The Balaban J connectivity index is 2.23. The summed E-state index contributed by atoms with van der Waals surface area (Å²) in [6.45, 7) is 1.52. The quantitative estimate of drug-likeness (QED) is 0.860. The maximum Gasteiger partial charge on any atom is 0.219 e. The molecular formula is C16H23FN2O3. The van der Waals surface area contributed by atoms with Gasteiger partial charge >= 0.3 is 0 Å². The summed E-state index contributed by atoms with van der Waals surface area (Å²) >= 11 is 0. The molecule has 2 rings (SSSR count). The molecule has 0 heterocycles. The largest absolute Gasteiger partial charge is 0.629 e. The van der Waals surface area contributed by atoms with Crippen LogP contribution in [0.4, 0.5) is 10.1 Å². The van der Waals surface area contributed by atoms with Crippen LogP contribution in [0, 0.1) is 11.0 Å². The number of quaternary nitrogens is 1. The lowest BCUT2D eigenvalue weighted by Crippen LogP contribution is -2.98. The molecule has 0 saturated heterocycles. The fraction of sp³-hybridized carbons (Fsp3) is 0.562. The van der Waals surface area contributed by atoms with E-state index < -0.39 is 5.82 Å². The van der Waals surface area contributed by atoms with Crippen LogP contribution < -0.4 is 9.80 Å². The highest BCUT2D eigenvalue weighted by Crippen LogP contribution is 2.30. The Labute approximate surface area is 130 Å². The van der Waals surface area contributed by atoms with Gasteiger partial charge in [-0.3, -0.25) is 4.79 Å². The molecule has 22 heavy (non-hydrogen) atoms. The lowest BCUT2D eigenvalue weighted by atomic mass is 9.91. The Morgan fingerprint density at radius 2 is 2.09 bits per heavy atom. The average molecular weight is 310 g/mol. The van der Waals surface area contributed by atoms with E-state index in [-0.39, 0.29) is 28.9 Å². The van der Waals surface area contributed by atoms with E-state index in [0.717, 1.165) is 25.7 Å². The minimum absolute atomic E-state index is 0.0217. The van der Waals surface area contributed by atoms with Gasteiger partial charge in [0.05, 0.1) is 13.1 Å². The molecule has 1 N–H and O–H groups in total. The summed E-state index contributed by atoms with van der Waals surface area (Å²) < 4.78 is 19.5. The van der Waals surface area contributed by atoms with Crippen LogP contribution >= 0.6 is 0 Å². The number of carbonyl (C=O) groups excluding carboxylic acids is 1. The predicted molar refractivity (Wildman–Crippen MR) is 81.4 cm³/mol. The number of likely N-dealkylation sites (N-methyl/N-ethyl adjacent to an activating group) is 1. The number of nitrogens with zero attached hydrogens (tertiary/aromatic N) is 1. The number of hydrogen-bond acceptors (Lipinski definition) is 3. The molecule has 0 aliphatic heterocycles. The molecule has 0 spiro atoms. The summed E-state index contributed by atoms with van der Waals surface area (Å²) in [5, 5.41) is 11.5. The molecule has 1 aliphatic rings. The summed E-state index contributed by atoms with van der Waals surface area (Å²) in [5.74, 6) is -0.194. The van der Waals surface area contributed by atoms with Gasteiger partial charge in [-0.25, -0.2) is 4.39 Å². The molecule has 1 saturated carbocycles. The van der Waals surface area contributed by atoms with Crippen molar-refractivity contribution in [2.75, 3.05) is 14.1 Å². The zero-order valence-corrected chi connectivity index (χ0v) is 13.3. The summed E-state index contributed by atoms with van der Waals surface area (Å²) in [4.78, 5) is 13.3. The molecule has 0 bridgehead atoms. The molecule has 1 aliphatic carbocycles. The van der Waals surface area contributed by atoms with Crippen LogP contribution in [0.15, 0.2) is 18.2 Å². The van der Waals surface area contributed by atoms with Gasteiger partial charge in [-0.15, -0.1) is 0 Å². The number of nitrogens with one attached hydrogen (secondary N) is 1. The molecule has 0 radical (unpaired) electrons. The van der Waals surface area contributed by atoms with Gasteiger partial charge in [0.1, 0.15) is 11.9 Å². The van der Waals surface area contributed by atoms with Crippen molar-refractivity contribution >= 4 is 11.6 Å². The molecule has 0 aromatic heterocycles. The SMILES string of the molecule is CC(=O)N(C)[C@@H]1CCCCC1Oc1cc(F)ccc1[NH+](C)[O-]. The zero-order valence-electron chi connectivity index (χ0n) is 13.3. The molecule has 1 aromatic carbocycles. The number of hydroxylamine groups is 1. The van der Waals surface area contributed by atoms with E-state index in [1.807, 2.05) is 0 Å².